The van der Waals surface area contributed by atoms with Gasteiger partial charge in [-0.2, -0.15) is 5.10 Å². The quantitative estimate of drug-likeness (QED) is 0.0421. The molecule has 12 N–H and O–H groups in total. The van der Waals surface area contributed by atoms with E-state index in [0.29, 0.717) is 57.3 Å². The van der Waals surface area contributed by atoms with Gasteiger partial charge in [0, 0.05) is 143 Å². The number of benzene rings is 5. The summed E-state index contributed by atoms with van der Waals surface area (Å²) in [6.45, 7) is 8.90. The summed E-state index contributed by atoms with van der Waals surface area (Å²) in [5, 5.41) is 24.1. The molecular weight excluding hydrogens is 1380 g/mol. The first-order chi connectivity index (χ1) is 49.8. The standard InChI is InChI=1S/C22H23ClN2O2.C21H30ClN3O2.C19H28ClN3O2.C18H21ClN4O/c23-17-6-3-5-16(13-17)22(14-24)10-8-18(9-11-22)25-21(26)20-12-15-4-1-2-7-19(15)27-20;1-15(26)25-11-7-16(8-12-25)20(27)24-19-5-9-21(14-23,10-6-19)17-3-2-4-18(22)13-17;20-16-3-1-2-15(12-16)19(14-21)6-4-17(5-7-19)22-18(24)13-23-8-10-25-11-9-23;19-14-4-1-3-13(11-14)18(12-20)8-6-15(7-9-18)22-17(24)16-5-2-10-21-23-16/h1-7,12-13,18H,8-11,14,24H2,(H,25,26);2-4,13,16,19H,5-12,14,23H2,1H3,(H,24,27);1-3,12,17H,4-11,13-14,21H2,(H,22,24);1-5,10-11,15H,6-9,12,20H2,(H,22,24). The van der Waals surface area contributed by atoms with Crippen molar-refractivity contribution in [2.24, 2.45) is 28.9 Å². The number of para-hydroxylation sites is 1. The van der Waals surface area contributed by atoms with E-state index >= 15 is 0 Å². The predicted octanol–water partition coefficient (Wildman–Crippen LogP) is 12.1. The number of hydrogen-bond donors (Lipinski definition) is 8. The molecule has 5 aromatic carbocycles. The summed E-state index contributed by atoms with van der Waals surface area (Å²) in [6.07, 6.45) is 18.0. The minimum absolute atomic E-state index is 0.0175. The summed E-state index contributed by atoms with van der Waals surface area (Å²) >= 11 is 24.6. The number of carbonyl (C=O) groups is 5. The lowest BCUT2D eigenvalue weighted by molar-refractivity contribution is -0.134. The Morgan fingerprint density at radius 2 is 0.883 bits per heavy atom. The zero-order valence-corrected chi connectivity index (χ0v) is 62.2. The molecule has 7 aromatic rings. The van der Waals surface area contributed by atoms with E-state index in [-0.39, 0.29) is 81.3 Å². The maximum Gasteiger partial charge on any atom is 0.287 e. The van der Waals surface area contributed by atoms with Crippen molar-refractivity contribution in [1.29, 1.82) is 0 Å². The number of amides is 5. The summed E-state index contributed by atoms with van der Waals surface area (Å²) in [5.41, 5.74) is 30.3. The van der Waals surface area contributed by atoms with Crippen LogP contribution in [0.1, 0.15) is 166 Å². The fraction of sp³-hybridized carbons (Fsp3) is 0.487. The maximum atomic E-state index is 12.6. The molecule has 19 nitrogen and oxygen atoms in total. The monoisotopic (exact) mass is 1480 g/mol. The van der Waals surface area contributed by atoms with Crippen LogP contribution in [-0.2, 0) is 40.8 Å². The number of fused-ring (bicyclic) bond motifs is 1. The van der Waals surface area contributed by atoms with E-state index in [1.807, 2.05) is 102 Å². The molecule has 6 fully saturated rings. The van der Waals surface area contributed by atoms with Crippen LogP contribution in [0, 0.1) is 5.92 Å². The molecule has 2 aromatic heterocycles. The number of carbonyl (C=O) groups excluding carboxylic acids is 5. The molecule has 5 amide bonds. The highest BCUT2D eigenvalue weighted by molar-refractivity contribution is 6.31. The van der Waals surface area contributed by atoms with E-state index in [4.69, 9.17) is 78.5 Å². The van der Waals surface area contributed by atoms with E-state index in [2.05, 4.69) is 60.6 Å². The third-order valence-corrected chi connectivity index (χ3v) is 23.6. The van der Waals surface area contributed by atoms with Crippen molar-refractivity contribution in [3.8, 4) is 0 Å². The number of nitrogens with two attached hydrogens (primary N) is 4. The predicted molar refractivity (Wildman–Crippen MR) is 409 cm³/mol. The number of aromatic nitrogens is 2. The van der Waals surface area contributed by atoms with Gasteiger partial charge in [0.2, 0.25) is 17.7 Å². The van der Waals surface area contributed by atoms with Gasteiger partial charge in [-0.1, -0.05) is 113 Å². The molecule has 13 rings (SSSR count). The number of nitrogens with one attached hydrogen (secondary N) is 4. The number of nitrogens with zero attached hydrogens (tertiary/aromatic N) is 4. The van der Waals surface area contributed by atoms with Crippen LogP contribution in [0.4, 0.5) is 0 Å². The van der Waals surface area contributed by atoms with E-state index in [1.54, 1.807) is 31.3 Å². The first-order valence-electron chi connectivity index (χ1n) is 36.6. The van der Waals surface area contributed by atoms with Crippen LogP contribution < -0.4 is 44.2 Å². The first-order valence-corrected chi connectivity index (χ1v) is 38.2. The Balaban J connectivity index is 0.000000148. The Kier molecular flexibility index (Phi) is 28.5. The average molecular weight is 1490 g/mol. The largest absolute Gasteiger partial charge is 0.451 e. The minimum Gasteiger partial charge on any atom is -0.451 e. The van der Waals surface area contributed by atoms with Crippen LogP contribution >= 0.6 is 46.4 Å². The molecule has 0 atom stereocenters. The van der Waals surface area contributed by atoms with Crippen LogP contribution in [-0.4, -0.2) is 146 Å². The van der Waals surface area contributed by atoms with Crippen LogP contribution in [0.25, 0.3) is 11.0 Å². The van der Waals surface area contributed by atoms with Crippen molar-refractivity contribution in [2.45, 2.75) is 168 Å². The van der Waals surface area contributed by atoms with Crippen molar-refractivity contribution < 1.29 is 33.1 Å². The van der Waals surface area contributed by atoms with Gasteiger partial charge in [-0.25, -0.2) is 0 Å². The molecule has 23 heteroatoms. The molecule has 0 bridgehead atoms. The Morgan fingerprint density at radius 1 is 0.476 bits per heavy atom. The molecule has 4 aliphatic carbocycles. The molecule has 103 heavy (non-hydrogen) atoms. The highest BCUT2D eigenvalue weighted by Gasteiger charge is 2.41. The number of morpholine rings is 1. The third-order valence-electron chi connectivity index (χ3n) is 22.7. The molecule has 4 heterocycles. The Morgan fingerprint density at radius 3 is 1.27 bits per heavy atom. The van der Waals surface area contributed by atoms with E-state index < -0.39 is 0 Å². The smallest absolute Gasteiger partial charge is 0.287 e. The maximum absolute atomic E-state index is 12.6. The summed E-state index contributed by atoms with van der Waals surface area (Å²) in [7, 11) is 0. The topological polar surface area (TPSA) is 292 Å². The first kappa shape index (κ1) is 78.6. The zero-order chi connectivity index (χ0) is 73.0. The van der Waals surface area contributed by atoms with Gasteiger partial charge in [0.05, 0.1) is 19.8 Å². The van der Waals surface area contributed by atoms with Gasteiger partial charge < -0.3 is 58.3 Å². The van der Waals surface area contributed by atoms with Gasteiger partial charge in [-0.05, 0) is 211 Å². The number of piperidine rings is 1. The second kappa shape index (κ2) is 37.3. The van der Waals surface area contributed by atoms with Crippen LogP contribution in [0.3, 0.4) is 0 Å². The Hall–Kier alpha value is -7.01. The number of halogens is 4. The third kappa shape index (κ3) is 21.0. The van der Waals surface area contributed by atoms with Crippen molar-refractivity contribution in [3.63, 3.8) is 0 Å². The molecule has 6 aliphatic rings. The van der Waals surface area contributed by atoms with E-state index in [1.165, 1.54) is 22.3 Å². The fourth-order valence-corrected chi connectivity index (χ4v) is 16.8. The van der Waals surface area contributed by atoms with E-state index in [9.17, 15) is 24.0 Å². The highest BCUT2D eigenvalue weighted by Crippen LogP contribution is 2.44. The summed E-state index contributed by atoms with van der Waals surface area (Å²) in [6, 6.07) is 45.5. The van der Waals surface area contributed by atoms with E-state index in [0.717, 1.165) is 173 Å². The van der Waals surface area contributed by atoms with Gasteiger partial charge in [-0.3, -0.25) is 28.9 Å². The van der Waals surface area contributed by atoms with Crippen LogP contribution in [0.2, 0.25) is 20.1 Å². The SMILES string of the molecule is CC(=O)N1CCC(C(=O)NC2CCC(CN)(c3cccc(Cl)c3)CC2)CC1.NCC1(c2cccc(Cl)c2)CCC(NC(=O)CN2CCOCC2)CC1.NCC1(c2cccc(Cl)c2)CCC(NC(=O)c2cc3ccccc3o2)CC1.NCC1(c2cccc(Cl)c2)CCC(NC(=O)c2cccnn2)CC1. The zero-order valence-electron chi connectivity index (χ0n) is 59.2. The highest BCUT2D eigenvalue weighted by atomic mass is 35.5. The molecule has 0 unspecified atom stereocenters. The van der Waals surface area contributed by atoms with Gasteiger partial charge >= 0.3 is 0 Å². The molecule has 4 saturated carbocycles. The van der Waals surface area contributed by atoms with Gasteiger partial charge in [-0.15, -0.1) is 5.10 Å². The summed E-state index contributed by atoms with van der Waals surface area (Å²) < 4.78 is 11.0. The van der Waals surface area contributed by atoms with Crippen LogP contribution in [0.15, 0.2) is 150 Å². The molecule has 0 radical (unpaired) electrons. The van der Waals surface area contributed by atoms with Crippen LogP contribution in [0.5, 0.6) is 0 Å². The number of rotatable bonds is 17. The van der Waals surface area contributed by atoms with Crippen molar-refractivity contribution in [3.05, 3.63) is 200 Å². The lowest BCUT2D eigenvalue weighted by atomic mass is 9.68. The molecule has 2 aliphatic heterocycles. The second-order valence-corrected chi connectivity index (χ2v) is 30.8. The molecule has 0 spiro atoms. The Bertz CT molecular complexity index is 3880. The minimum atomic E-state index is -0.170. The fourth-order valence-electron chi connectivity index (χ4n) is 16.0. The molecular formula is C80H102Cl4N12O7. The normalized spacial score (nSPS) is 25.2. The molecule has 552 valence electrons. The van der Waals surface area contributed by atoms with Gasteiger partial charge in [0.25, 0.3) is 11.8 Å². The second-order valence-electron chi connectivity index (χ2n) is 29.0. The number of furan rings is 1. The summed E-state index contributed by atoms with van der Waals surface area (Å²) in [4.78, 5) is 65.1. The van der Waals surface area contributed by atoms with Crippen molar-refractivity contribution in [1.82, 2.24) is 41.3 Å². The van der Waals surface area contributed by atoms with Crippen molar-refractivity contribution in [2.75, 3.05) is 72.1 Å². The Labute approximate surface area is 626 Å². The van der Waals surface area contributed by atoms with Gasteiger partial charge in [0.1, 0.15) is 5.58 Å². The number of likely N-dealkylation sites (tertiary alicyclic amines) is 1. The lowest BCUT2D eigenvalue weighted by Crippen LogP contribution is -2.49. The molecule has 2 saturated heterocycles. The average Bonchev–Trinajstić information content (AvgIpc) is 1.30. The van der Waals surface area contributed by atoms with Gasteiger partial charge in [0.15, 0.2) is 11.5 Å². The summed E-state index contributed by atoms with van der Waals surface area (Å²) in [5.74, 6) is 0.424. The number of hydrogen-bond acceptors (Lipinski definition) is 14. The number of ether oxygens (including phenoxy) is 1. The van der Waals surface area contributed by atoms with Crippen molar-refractivity contribution >= 4 is 86.9 Å². The lowest BCUT2D eigenvalue weighted by Gasteiger charge is -2.40.